The van der Waals surface area contributed by atoms with Crippen molar-refractivity contribution in [3.05, 3.63) is 421 Å². The molecule has 0 saturated heterocycles. The van der Waals surface area contributed by atoms with E-state index < -0.39 is 10.8 Å². The summed E-state index contributed by atoms with van der Waals surface area (Å²) in [6.45, 7) is 0. The van der Waals surface area contributed by atoms with Crippen LogP contribution in [-0.4, -0.2) is 0 Å². The van der Waals surface area contributed by atoms with Gasteiger partial charge in [-0.05, 0) is 162 Å². The Morgan fingerprint density at radius 1 is 0.136 bits per heavy atom. The van der Waals surface area contributed by atoms with Gasteiger partial charge in [-0.15, -0.1) is 0 Å². The standard InChI is InChI=1S/C86H62N2/c1-7-23-63(24-8-1)67-39-51-75(52-40-67)87(76-53-41-68(42-54-76)64-25-9-2-10-26-64)79-59-47-73(48-60-79)86(83-37-21-19-35-81(83)85(71-31-15-5-16-32-71,72-33-17-6-18-34-72)82-36-20-22-38-84(82)86)74-49-61-80(62-50-74)88(77-55-43-69(44-56-77)65-27-11-3-12-28-65)78-57-45-70(46-58-78)66-29-13-4-14-30-66/h1-62H. The highest BCUT2D eigenvalue weighted by atomic mass is 15.1. The third kappa shape index (κ3) is 9.49. The zero-order valence-corrected chi connectivity index (χ0v) is 48.7. The molecule has 0 N–H and O–H groups in total. The normalized spacial score (nSPS) is 12.7. The van der Waals surface area contributed by atoms with Crippen LogP contribution in [0.4, 0.5) is 34.1 Å². The Morgan fingerprint density at radius 3 is 0.511 bits per heavy atom. The van der Waals surface area contributed by atoms with Crippen molar-refractivity contribution in [2.45, 2.75) is 10.8 Å². The summed E-state index contributed by atoms with van der Waals surface area (Å²) in [6.07, 6.45) is 0. The van der Waals surface area contributed by atoms with E-state index in [9.17, 15) is 0 Å². The van der Waals surface area contributed by atoms with E-state index >= 15 is 0 Å². The average Bonchev–Trinajstić information content (AvgIpc) is 0.691. The highest BCUT2D eigenvalue weighted by Gasteiger charge is 2.53. The topological polar surface area (TPSA) is 6.48 Å². The van der Waals surface area contributed by atoms with Crippen molar-refractivity contribution in [2.24, 2.45) is 0 Å². The average molecular weight is 1120 g/mol. The van der Waals surface area contributed by atoms with Crippen molar-refractivity contribution in [1.29, 1.82) is 0 Å². The molecule has 2 nitrogen and oxygen atoms in total. The highest BCUT2D eigenvalue weighted by Crippen LogP contribution is 2.60. The molecule has 88 heavy (non-hydrogen) atoms. The summed E-state index contributed by atoms with van der Waals surface area (Å²) in [5, 5.41) is 0. The first-order valence-electron chi connectivity index (χ1n) is 30.4. The van der Waals surface area contributed by atoms with Crippen LogP contribution in [0.3, 0.4) is 0 Å². The summed E-state index contributed by atoms with van der Waals surface area (Å²) in [7, 11) is 0. The van der Waals surface area contributed by atoms with Crippen LogP contribution in [0, 0.1) is 0 Å². The van der Waals surface area contributed by atoms with Crippen molar-refractivity contribution in [2.75, 3.05) is 9.80 Å². The molecule has 0 saturated carbocycles. The van der Waals surface area contributed by atoms with Gasteiger partial charge in [-0.1, -0.05) is 303 Å². The van der Waals surface area contributed by atoms with E-state index in [0.717, 1.165) is 34.1 Å². The van der Waals surface area contributed by atoms with Crippen molar-refractivity contribution >= 4 is 34.1 Å². The van der Waals surface area contributed by atoms with Gasteiger partial charge in [0, 0.05) is 34.1 Å². The Balaban J connectivity index is 0.926. The Kier molecular flexibility index (Phi) is 14.1. The maximum atomic E-state index is 2.40. The number of fused-ring (bicyclic) bond motifs is 2. The van der Waals surface area contributed by atoms with Gasteiger partial charge >= 0.3 is 0 Å². The lowest BCUT2D eigenvalue weighted by Gasteiger charge is -2.51. The molecule has 0 aliphatic heterocycles. The molecular formula is C86H62N2. The Morgan fingerprint density at radius 2 is 0.295 bits per heavy atom. The molecule has 15 rings (SSSR count). The number of nitrogens with zero attached hydrogens (tertiary/aromatic N) is 2. The van der Waals surface area contributed by atoms with E-state index in [1.165, 1.54) is 89.0 Å². The predicted octanol–water partition coefficient (Wildman–Crippen LogP) is 22.4. The maximum absolute atomic E-state index is 2.40. The SMILES string of the molecule is c1ccc(-c2ccc(N(c3ccc(-c4ccccc4)cc3)c3ccc(C4(c5ccc(N(c6ccc(-c7ccccc7)cc6)c6ccc(-c7ccccc7)cc6)cc5)c5ccccc5C(c5ccccc5)(c5ccccc5)c5ccccc54)cc3)cc2)cc1. The van der Waals surface area contributed by atoms with Crippen LogP contribution in [0.1, 0.15) is 44.5 Å². The minimum absolute atomic E-state index is 0.650. The van der Waals surface area contributed by atoms with E-state index in [2.05, 4.69) is 386 Å². The molecule has 14 aromatic carbocycles. The minimum atomic E-state index is -0.795. The summed E-state index contributed by atoms with van der Waals surface area (Å²) >= 11 is 0. The van der Waals surface area contributed by atoms with Crippen LogP contribution in [-0.2, 0) is 10.8 Å². The largest absolute Gasteiger partial charge is 0.311 e. The number of anilines is 6. The van der Waals surface area contributed by atoms with Crippen LogP contribution in [0.15, 0.2) is 376 Å². The van der Waals surface area contributed by atoms with Crippen LogP contribution in [0.25, 0.3) is 44.5 Å². The van der Waals surface area contributed by atoms with Crippen molar-refractivity contribution < 1.29 is 0 Å². The number of hydrogen-bond donors (Lipinski definition) is 0. The van der Waals surface area contributed by atoms with Crippen LogP contribution < -0.4 is 9.80 Å². The number of hydrogen-bond acceptors (Lipinski definition) is 2. The lowest BCUT2D eigenvalue weighted by molar-refractivity contribution is 0.615. The van der Waals surface area contributed by atoms with Gasteiger partial charge in [-0.3, -0.25) is 0 Å². The van der Waals surface area contributed by atoms with Crippen LogP contribution in [0.5, 0.6) is 0 Å². The molecule has 0 fully saturated rings. The zero-order valence-electron chi connectivity index (χ0n) is 48.7. The fraction of sp³-hybridized carbons (Fsp3) is 0.0233. The molecule has 0 heterocycles. The molecule has 1 aliphatic rings. The molecular weight excluding hydrogens is 1060 g/mol. The Bertz CT molecular complexity index is 4160. The second-order valence-corrected chi connectivity index (χ2v) is 22.7. The van der Waals surface area contributed by atoms with E-state index in [1.54, 1.807) is 0 Å². The minimum Gasteiger partial charge on any atom is -0.311 e. The molecule has 0 amide bonds. The molecule has 0 unspecified atom stereocenters. The smallest absolute Gasteiger partial charge is 0.0708 e. The van der Waals surface area contributed by atoms with Crippen molar-refractivity contribution in [3.8, 4) is 44.5 Å². The quantitative estimate of drug-likeness (QED) is 0.107. The van der Waals surface area contributed by atoms with E-state index in [0.29, 0.717) is 0 Å². The van der Waals surface area contributed by atoms with E-state index in [4.69, 9.17) is 0 Å². The highest BCUT2D eigenvalue weighted by molar-refractivity contribution is 5.84. The first-order valence-corrected chi connectivity index (χ1v) is 30.4. The van der Waals surface area contributed by atoms with Crippen molar-refractivity contribution in [1.82, 2.24) is 0 Å². The molecule has 0 atom stereocenters. The van der Waals surface area contributed by atoms with Gasteiger partial charge in [-0.25, -0.2) is 0 Å². The molecule has 2 heteroatoms. The molecule has 0 radical (unpaired) electrons. The zero-order chi connectivity index (χ0) is 58.7. The van der Waals surface area contributed by atoms with Gasteiger partial charge in [0.15, 0.2) is 0 Å². The lowest BCUT2D eigenvalue weighted by Crippen LogP contribution is -2.45. The fourth-order valence-corrected chi connectivity index (χ4v) is 13.9. The summed E-state index contributed by atoms with van der Waals surface area (Å²) < 4.78 is 0. The van der Waals surface area contributed by atoms with Crippen molar-refractivity contribution in [3.63, 3.8) is 0 Å². The van der Waals surface area contributed by atoms with Gasteiger partial charge in [0.05, 0.1) is 10.8 Å². The molecule has 0 aromatic heterocycles. The van der Waals surface area contributed by atoms with Crippen LogP contribution >= 0.6 is 0 Å². The van der Waals surface area contributed by atoms with Gasteiger partial charge in [-0.2, -0.15) is 0 Å². The second-order valence-electron chi connectivity index (χ2n) is 22.7. The number of benzene rings is 14. The predicted molar refractivity (Wildman–Crippen MR) is 368 cm³/mol. The fourth-order valence-electron chi connectivity index (χ4n) is 13.9. The molecule has 14 aromatic rings. The van der Waals surface area contributed by atoms with E-state index in [1.807, 2.05) is 0 Å². The first kappa shape index (κ1) is 53.4. The number of rotatable bonds is 14. The maximum Gasteiger partial charge on any atom is 0.0708 e. The van der Waals surface area contributed by atoms with Gasteiger partial charge in [0.2, 0.25) is 0 Å². The van der Waals surface area contributed by atoms with Gasteiger partial charge in [0.1, 0.15) is 0 Å². The summed E-state index contributed by atoms with van der Waals surface area (Å²) in [6, 6.07) is 138. The molecule has 0 bridgehead atoms. The molecule has 0 spiro atoms. The Labute approximate surface area is 516 Å². The summed E-state index contributed by atoms with van der Waals surface area (Å²) in [5.74, 6) is 0. The van der Waals surface area contributed by atoms with Gasteiger partial charge < -0.3 is 9.80 Å². The molecule has 416 valence electrons. The Hall–Kier alpha value is -11.3. The lowest BCUT2D eigenvalue weighted by atomic mass is 9.50. The third-order valence-corrected chi connectivity index (χ3v) is 17.9. The first-order chi connectivity index (χ1) is 43.6. The van der Waals surface area contributed by atoms with E-state index in [-0.39, 0.29) is 0 Å². The molecule has 1 aliphatic carbocycles. The monoisotopic (exact) mass is 1120 g/mol. The second kappa shape index (κ2) is 23.3. The third-order valence-electron chi connectivity index (χ3n) is 17.9. The van der Waals surface area contributed by atoms with Crippen LogP contribution in [0.2, 0.25) is 0 Å². The van der Waals surface area contributed by atoms with Gasteiger partial charge in [0.25, 0.3) is 0 Å². The summed E-state index contributed by atoms with van der Waals surface area (Å²) in [4.78, 5) is 4.78. The summed E-state index contributed by atoms with van der Waals surface area (Å²) in [5.41, 5.74) is 24.2.